The fraction of sp³-hybridized carbons (Fsp3) is 0.0588. The highest BCUT2D eigenvalue weighted by atomic mass is 79.9. The molecule has 0 fully saturated rings. The Kier molecular flexibility index (Phi) is 5.08. The van der Waals surface area contributed by atoms with Crippen molar-refractivity contribution in [3.05, 3.63) is 74.3 Å². The molecule has 0 bridgehead atoms. The van der Waals surface area contributed by atoms with E-state index in [1.165, 1.54) is 35.2 Å². The van der Waals surface area contributed by atoms with E-state index in [1.54, 1.807) is 12.1 Å². The van der Waals surface area contributed by atoms with Crippen molar-refractivity contribution in [3.8, 4) is 11.5 Å². The van der Waals surface area contributed by atoms with Crippen LogP contribution in [0.5, 0.6) is 11.5 Å². The molecular formula is C17H12BrN3O6. The number of nitrogens with zero attached hydrogens (tertiary/aromatic N) is 3. The monoisotopic (exact) mass is 433 g/mol. The maximum absolute atomic E-state index is 12.1. The van der Waals surface area contributed by atoms with Gasteiger partial charge in [0.05, 0.1) is 16.9 Å². The number of hydrogen-bond donors (Lipinski definition) is 2. The molecule has 3 rings (SSSR count). The van der Waals surface area contributed by atoms with Gasteiger partial charge in [-0.2, -0.15) is 4.68 Å². The number of aromatic nitrogens is 2. The molecule has 0 radical (unpaired) electrons. The average Bonchev–Trinajstić information content (AvgIpc) is 3.19. The van der Waals surface area contributed by atoms with Crippen molar-refractivity contribution in [2.24, 2.45) is 0 Å². The van der Waals surface area contributed by atoms with E-state index >= 15 is 0 Å². The van der Waals surface area contributed by atoms with Crippen LogP contribution in [0.4, 0.5) is 5.82 Å². The number of nitro groups is 1. The highest BCUT2D eigenvalue weighted by Crippen LogP contribution is 2.24. The molecule has 138 valence electrons. The van der Waals surface area contributed by atoms with Crippen LogP contribution in [0.3, 0.4) is 0 Å². The minimum atomic E-state index is -0.596. The van der Waals surface area contributed by atoms with Gasteiger partial charge >= 0.3 is 5.82 Å². The quantitative estimate of drug-likeness (QED) is 0.263. The molecule has 0 aliphatic heterocycles. The zero-order valence-corrected chi connectivity index (χ0v) is 15.2. The molecule has 27 heavy (non-hydrogen) atoms. The Morgan fingerprint density at radius 2 is 2.11 bits per heavy atom. The predicted molar refractivity (Wildman–Crippen MR) is 97.5 cm³/mol. The third-order valence-corrected chi connectivity index (χ3v) is 4.08. The second-order valence-corrected chi connectivity index (χ2v) is 6.31. The third-order valence-electron chi connectivity index (χ3n) is 3.52. The van der Waals surface area contributed by atoms with Gasteiger partial charge in [0.2, 0.25) is 0 Å². The van der Waals surface area contributed by atoms with Crippen molar-refractivity contribution in [1.82, 2.24) is 9.78 Å². The molecular weight excluding hydrogens is 422 g/mol. The second kappa shape index (κ2) is 7.46. The molecule has 3 aromatic rings. The van der Waals surface area contributed by atoms with E-state index in [9.17, 15) is 25.1 Å². The van der Waals surface area contributed by atoms with Crippen LogP contribution in [-0.2, 0) is 6.54 Å². The van der Waals surface area contributed by atoms with Gasteiger partial charge in [0.1, 0.15) is 34.0 Å². The summed E-state index contributed by atoms with van der Waals surface area (Å²) in [4.78, 5) is 22.3. The van der Waals surface area contributed by atoms with E-state index in [4.69, 9.17) is 4.42 Å². The van der Waals surface area contributed by atoms with Crippen LogP contribution < -0.4 is 0 Å². The van der Waals surface area contributed by atoms with E-state index in [-0.39, 0.29) is 33.9 Å². The number of carbonyl (C=O) groups is 1. The minimum absolute atomic E-state index is 0.0459. The molecule has 2 aromatic heterocycles. The van der Waals surface area contributed by atoms with Crippen LogP contribution in [0.15, 0.2) is 51.5 Å². The number of ketones is 1. The summed E-state index contributed by atoms with van der Waals surface area (Å²) in [5.41, 5.74) is 0.0459. The molecule has 9 nitrogen and oxygen atoms in total. The number of rotatable bonds is 6. The van der Waals surface area contributed by atoms with Crippen molar-refractivity contribution < 1.29 is 24.3 Å². The van der Waals surface area contributed by atoms with Crippen LogP contribution >= 0.6 is 15.9 Å². The van der Waals surface area contributed by atoms with Gasteiger partial charge in [0.15, 0.2) is 5.78 Å². The van der Waals surface area contributed by atoms with Gasteiger partial charge in [-0.3, -0.25) is 4.79 Å². The molecule has 0 amide bonds. The summed E-state index contributed by atoms with van der Waals surface area (Å²) >= 11 is 3.07. The summed E-state index contributed by atoms with van der Waals surface area (Å²) in [6, 6.07) is 6.97. The van der Waals surface area contributed by atoms with E-state index in [2.05, 4.69) is 21.0 Å². The third kappa shape index (κ3) is 4.23. The number of hydrogen-bond acceptors (Lipinski definition) is 7. The number of phenolic OH excluding ortho intramolecular Hbond substituents is 2. The SMILES string of the molecule is O=C(/C=C/c1ccc(Cn2cc(Br)c([N+](=O)[O-])n2)o1)c1ccc(O)cc1O. The largest absolute Gasteiger partial charge is 0.508 e. The Morgan fingerprint density at radius 3 is 2.78 bits per heavy atom. The summed E-state index contributed by atoms with van der Waals surface area (Å²) < 4.78 is 7.16. The minimum Gasteiger partial charge on any atom is -0.508 e. The maximum Gasteiger partial charge on any atom is 0.404 e. The summed E-state index contributed by atoms with van der Waals surface area (Å²) in [6.07, 6.45) is 4.12. The van der Waals surface area contributed by atoms with Crippen LogP contribution in [0, 0.1) is 10.1 Å². The number of benzene rings is 1. The van der Waals surface area contributed by atoms with Crippen molar-refractivity contribution in [1.29, 1.82) is 0 Å². The van der Waals surface area contributed by atoms with Gasteiger partial charge in [-0.15, -0.1) is 0 Å². The number of phenols is 2. The molecule has 0 unspecified atom stereocenters. The topological polar surface area (TPSA) is 132 Å². The van der Waals surface area contributed by atoms with Crippen LogP contribution in [0.25, 0.3) is 6.08 Å². The summed E-state index contributed by atoms with van der Waals surface area (Å²) in [7, 11) is 0. The molecule has 0 saturated carbocycles. The number of furan rings is 1. The first-order valence-electron chi connectivity index (χ1n) is 7.54. The number of carbonyl (C=O) groups excluding carboxylic acids is 1. The zero-order chi connectivity index (χ0) is 19.6. The highest BCUT2D eigenvalue weighted by Gasteiger charge is 2.19. The normalized spacial score (nSPS) is 11.1. The number of aromatic hydroxyl groups is 2. The molecule has 1 aromatic carbocycles. The maximum atomic E-state index is 12.1. The predicted octanol–water partition coefficient (Wildman–Crippen LogP) is 3.50. The molecule has 0 aliphatic rings. The molecule has 2 N–H and O–H groups in total. The highest BCUT2D eigenvalue weighted by molar-refractivity contribution is 9.10. The fourth-order valence-corrected chi connectivity index (χ4v) is 2.76. The Balaban J connectivity index is 1.70. The lowest BCUT2D eigenvalue weighted by atomic mass is 10.1. The van der Waals surface area contributed by atoms with E-state index in [1.807, 2.05) is 0 Å². The van der Waals surface area contributed by atoms with Crippen molar-refractivity contribution in [2.75, 3.05) is 0 Å². The van der Waals surface area contributed by atoms with Gasteiger partial charge in [-0.1, -0.05) is 0 Å². The van der Waals surface area contributed by atoms with Crippen LogP contribution in [0.1, 0.15) is 21.9 Å². The van der Waals surface area contributed by atoms with Crippen molar-refractivity contribution in [2.45, 2.75) is 6.54 Å². The number of halogens is 1. The lowest BCUT2D eigenvalue weighted by Gasteiger charge is -2.00. The van der Waals surface area contributed by atoms with Crippen LogP contribution in [0.2, 0.25) is 0 Å². The zero-order valence-electron chi connectivity index (χ0n) is 13.6. The van der Waals surface area contributed by atoms with Crippen LogP contribution in [-0.4, -0.2) is 30.7 Å². The molecule has 10 heteroatoms. The van der Waals surface area contributed by atoms with Gasteiger partial charge in [-0.05, 0) is 57.3 Å². The lowest BCUT2D eigenvalue weighted by Crippen LogP contribution is -2.00. The van der Waals surface area contributed by atoms with E-state index in [0.717, 1.165) is 6.07 Å². The summed E-state index contributed by atoms with van der Waals surface area (Å²) in [5.74, 6) is -0.347. The Bertz CT molecular complexity index is 1050. The van der Waals surface area contributed by atoms with Crippen molar-refractivity contribution >= 4 is 33.6 Å². The Hall–Kier alpha value is -3.40. The standard InChI is InChI=1S/C17H12BrN3O6/c18-14-9-20(19-17(14)21(25)26)8-12-3-2-11(27-12)4-6-15(23)13-5-1-10(22)7-16(13)24/h1-7,9,22,24H,8H2/b6-4+. The van der Waals surface area contributed by atoms with Gasteiger partial charge in [0, 0.05) is 6.07 Å². The van der Waals surface area contributed by atoms with Gasteiger partial charge in [0.25, 0.3) is 0 Å². The molecule has 0 atom stereocenters. The van der Waals surface area contributed by atoms with E-state index in [0.29, 0.717) is 11.5 Å². The summed E-state index contributed by atoms with van der Waals surface area (Å²) in [6.45, 7) is 0.174. The van der Waals surface area contributed by atoms with Crippen molar-refractivity contribution in [3.63, 3.8) is 0 Å². The Labute approximate surface area is 160 Å². The average molecular weight is 434 g/mol. The first kappa shape index (κ1) is 18.4. The summed E-state index contributed by atoms with van der Waals surface area (Å²) in [5, 5.41) is 33.6. The Morgan fingerprint density at radius 1 is 1.33 bits per heavy atom. The van der Waals surface area contributed by atoms with Gasteiger partial charge < -0.3 is 24.7 Å². The molecule has 2 heterocycles. The molecule has 0 aliphatic carbocycles. The first-order valence-corrected chi connectivity index (χ1v) is 8.33. The number of allylic oxidation sites excluding steroid dienone is 1. The van der Waals surface area contributed by atoms with E-state index < -0.39 is 10.7 Å². The smallest absolute Gasteiger partial charge is 0.404 e. The lowest BCUT2D eigenvalue weighted by molar-refractivity contribution is -0.390. The van der Waals surface area contributed by atoms with Gasteiger partial charge in [-0.25, -0.2) is 0 Å². The first-order chi connectivity index (χ1) is 12.8. The fourth-order valence-electron chi connectivity index (χ4n) is 2.30. The molecule has 0 saturated heterocycles. The second-order valence-electron chi connectivity index (χ2n) is 5.46. The molecule has 0 spiro atoms.